The minimum absolute atomic E-state index is 0.209. The Balaban J connectivity index is 2.64. The summed E-state index contributed by atoms with van der Waals surface area (Å²) in [6.07, 6.45) is 4.64. The van der Waals surface area contributed by atoms with Gasteiger partial charge in [-0.3, -0.25) is 10.1 Å². The standard InChI is InChI=1S/C13H23N3O2/c1-5-10(3)12(13(17)18-4)15-9-11-14-7-8-16(11)6-2/h7-8,10,12,15H,5-6,9H2,1-4H3. The molecule has 102 valence electrons. The number of aromatic nitrogens is 2. The van der Waals surface area contributed by atoms with E-state index in [-0.39, 0.29) is 17.9 Å². The Hall–Kier alpha value is -1.36. The van der Waals surface area contributed by atoms with Crippen LogP contribution in [0.25, 0.3) is 0 Å². The predicted molar refractivity (Wildman–Crippen MR) is 70.0 cm³/mol. The summed E-state index contributed by atoms with van der Waals surface area (Å²) >= 11 is 0. The van der Waals surface area contributed by atoms with Crippen molar-refractivity contribution in [1.82, 2.24) is 14.9 Å². The molecule has 0 saturated heterocycles. The molecule has 0 saturated carbocycles. The molecule has 5 nitrogen and oxygen atoms in total. The Kier molecular flexibility index (Phi) is 5.85. The van der Waals surface area contributed by atoms with Gasteiger partial charge in [-0.05, 0) is 12.8 Å². The highest BCUT2D eigenvalue weighted by atomic mass is 16.5. The summed E-state index contributed by atoms with van der Waals surface area (Å²) in [6.45, 7) is 7.63. The molecule has 0 amide bonds. The van der Waals surface area contributed by atoms with Crippen LogP contribution in [0.3, 0.4) is 0 Å². The number of carbonyl (C=O) groups excluding carboxylic acids is 1. The number of aryl methyl sites for hydroxylation is 1. The lowest BCUT2D eigenvalue weighted by atomic mass is 9.99. The maximum absolute atomic E-state index is 11.7. The van der Waals surface area contributed by atoms with Crippen LogP contribution in [0.4, 0.5) is 0 Å². The minimum Gasteiger partial charge on any atom is -0.468 e. The maximum Gasteiger partial charge on any atom is 0.323 e. The van der Waals surface area contributed by atoms with Crippen molar-refractivity contribution in [2.24, 2.45) is 5.92 Å². The Labute approximate surface area is 109 Å². The van der Waals surface area contributed by atoms with E-state index in [1.165, 1.54) is 7.11 Å². The highest BCUT2D eigenvalue weighted by molar-refractivity contribution is 5.75. The van der Waals surface area contributed by atoms with Gasteiger partial charge in [-0.2, -0.15) is 0 Å². The van der Waals surface area contributed by atoms with Crippen molar-refractivity contribution < 1.29 is 9.53 Å². The predicted octanol–water partition coefficient (Wildman–Crippen LogP) is 1.58. The molecule has 5 heteroatoms. The molecule has 0 fully saturated rings. The van der Waals surface area contributed by atoms with E-state index < -0.39 is 0 Å². The second-order valence-electron chi connectivity index (χ2n) is 4.40. The molecule has 0 radical (unpaired) electrons. The summed E-state index contributed by atoms with van der Waals surface area (Å²) in [5, 5.41) is 3.24. The van der Waals surface area contributed by atoms with E-state index in [9.17, 15) is 4.79 Å². The topological polar surface area (TPSA) is 56.2 Å². The van der Waals surface area contributed by atoms with E-state index in [1.807, 2.05) is 13.1 Å². The van der Waals surface area contributed by atoms with Crippen LogP contribution in [0.15, 0.2) is 12.4 Å². The first-order valence-electron chi connectivity index (χ1n) is 6.45. The van der Waals surface area contributed by atoms with Gasteiger partial charge >= 0.3 is 5.97 Å². The van der Waals surface area contributed by atoms with Crippen molar-refractivity contribution in [2.45, 2.75) is 46.3 Å². The number of methoxy groups -OCH3 is 1. The molecule has 0 aromatic carbocycles. The molecular formula is C13H23N3O2. The van der Waals surface area contributed by atoms with Gasteiger partial charge in [0.05, 0.1) is 13.7 Å². The fourth-order valence-corrected chi connectivity index (χ4v) is 1.88. The minimum atomic E-state index is -0.276. The summed E-state index contributed by atoms with van der Waals surface area (Å²) < 4.78 is 6.89. The molecule has 2 atom stereocenters. The van der Waals surface area contributed by atoms with Gasteiger partial charge in [0.1, 0.15) is 11.9 Å². The quantitative estimate of drug-likeness (QED) is 0.750. The van der Waals surface area contributed by atoms with Crippen molar-refractivity contribution in [3.8, 4) is 0 Å². The molecule has 0 spiro atoms. The fourth-order valence-electron chi connectivity index (χ4n) is 1.88. The number of hydrogen-bond acceptors (Lipinski definition) is 4. The van der Waals surface area contributed by atoms with Gasteiger partial charge in [0.25, 0.3) is 0 Å². The molecular weight excluding hydrogens is 230 g/mol. The number of nitrogens with one attached hydrogen (secondary N) is 1. The van der Waals surface area contributed by atoms with Gasteiger partial charge in [0.15, 0.2) is 0 Å². The van der Waals surface area contributed by atoms with Crippen LogP contribution < -0.4 is 5.32 Å². The van der Waals surface area contributed by atoms with E-state index >= 15 is 0 Å². The summed E-state index contributed by atoms with van der Waals surface area (Å²) in [5.74, 6) is 0.969. The second-order valence-corrected chi connectivity index (χ2v) is 4.40. The zero-order valence-corrected chi connectivity index (χ0v) is 11.6. The Morgan fingerprint density at radius 2 is 2.28 bits per heavy atom. The van der Waals surface area contributed by atoms with Crippen LogP contribution in [-0.2, 0) is 22.6 Å². The average Bonchev–Trinajstić information content (AvgIpc) is 2.85. The summed E-state index contributed by atoms with van der Waals surface area (Å²) in [4.78, 5) is 16.0. The van der Waals surface area contributed by atoms with Gasteiger partial charge < -0.3 is 9.30 Å². The lowest BCUT2D eigenvalue weighted by Gasteiger charge is -2.21. The van der Waals surface area contributed by atoms with E-state index in [1.54, 1.807) is 6.20 Å². The van der Waals surface area contributed by atoms with Crippen molar-refractivity contribution in [3.63, 3.8) is 0 Å². The van der Waals surface area contributed by atoms with Gasteiger partial charge in [0.2, 0.25) is 0 Å². The van der Waals surface area contributed by atoms with Crippen LogP contribution in [0.5, 0.6) is 0 Å². The normalized spacial score (nSPS) is 14.2. The zero-order chi connectivity index (χ0) is 13.5. The smallest absolute Gasteiger partial charge is 0.323 e. The summed E-state index contributed by atoms with van der Waals surface area (Å²) in [5.41, 5.74) is 0. The lowest BCUT2D eigenvalue weighted by molar-refractivity contribution is -0.144. The van der Waals surface area contributed by atoms with Crippen molar-refractivity contribution in [2.75, 3.05) is 7.11 Å². The van der Waals surface area contributed by atoms with Gasteiger partial charge in [-0.15, -0.1) is 0 Å². The third kappa shape index (κ3) is 3.57. The molecule has 2 unspecified atom stereocenters. The van der Waals surface area contributed by atoms with Crippen molar-refractivity contribution in [3.05, 3.63) is 18.2 Å². The molecule has 1 aromatic rings. The van der Waals surface area contributed by atoms with Crippen LogP contribution in [0.2, 0.25) is 0 Å². The number of ether oxygens (including phenoxy) is 1. The van der Waals surface area contributed by atoms with Crippen LogP contribution in [0, 0.1) is 5.92 Å². The van der Waals surface area contributed by atoms with Crippen molar-refractivity contribution in [1.29, 1.82) is 0 Å². The average molecular weight is 253 g/mol. The maximum atomic E-state index is 11.7. The third-order valence-electron chi connectivity index (χ3n) is 3.29. The molecule has 0 aliphatic carbocycles. The third-order valence-corrected chi connectivity index (χ3v) is 3.29. The fraction of sp³-hybridized carbons (Fsp3) is 0.692. The highest BCUT2D eigenvalue weighted by Gasteiger charge is 2.24. The molecule has 1 rings (SSSR count). The van der Waals surface area contributed by atoms with E-state index in [4.69, 9.17) is 4.74 Å². The van der Waals surface area contributed by atoms with Gasteiger partial charge in [-0.25, -0.2) is 4.98 Å². The Morgan fingerprint density at radius 1 is 1.56 bits per heavy atom. The van der Waals surface area contributed by atoms with Crippen LogP contribution in [0.1, 0.15) is 33.0 Å². The van der Waals surface area contributed by atoms with Gasteiger partial charge in [0, 0.05) is 18.9 Å². The second kappa shape index (κ2) is 7.16. The highest BCUT2D eigenvalue weighted by Crippen LogP contribution is 2.10. The summed E-state index contributed by atoms with van der Waals surface area (Å²) in [6, 6.07) is -0.276. The van der Waals surface area contributed by atoms with Crippen LogP contribution >= 0.6 is 0 Å². The Bertz CT molecular complexity index is 376. The monoisotopic (exact) mass is 253 g/mol. The number of carbonyl (C=O) groups is 1. The van der Waals surface area contributed by atoms with Crippen molar-refractivity contribution >= 4 is 5.97 Å². The SMILES string of the molecule is CCC(C)C(NCc1nccn1CC)C(=O)OC. The molecule has 0 aliphatic heterocycles. The lowest BCUT2D eigenvalue weighted by Crippen LogP contribution is -2.42. The molecule has 1 aromatic heterocycles. The van der Waals surface area contributed by atoms with Gasteiger partial charge in [-0.1, -0.05) is 20.3 Å². The number of nitrogens with zero attached hydrogens (tertiary/aromatic N) is 2. The largest absolute Gasteiger partial charge is 0.468 e. The number of esters is 1. The number of rotatable bonds is 7. The first-order chi connectivity index (χ1) is 8.63. The van der Waals surface area contributed by atoms with E-state index in [2.05, 4.69) is 28.7 Å². The molecule has 1 heterocycles. The van der Waals surface area contributed by atoms with Crippen LogP contribution in [-0.4, -0.2) is 28.7 Å². The summed E-state index contributed by atoms with van der Waals surface area (Å²) in [7, 11) is 1.42. The first kappa shape index (κ1) is 14.7. The van der Waals surface area contributed by atoms with E-state index in [0.717, 1.165) is 18.8 Å². The first-order valence-corrected chi connectivity index (χ1v) is 6.45. The zero-order valence-electron chi connectivity index (χ0n) is 11.6. The number of hydrogen-bond donors (Lipinski definition) is 1. The van der Waals surface area contributed by atoms with E-state index in [0.29, 0.717) is 6.54 Å². The number of imidazole rings is 1. The molecule has 0 aliphatic rings. The molecule has 1 N–H and O–H groups in total. The Morgan fingerprint density at radius 3 is 2.83 bits per heavy atom. The molecule has 18 heavy (non-hydrogen) atoms. The molecule has 0 bridgehead atoms.